The fourth-order valence-electron chi connectivity index (χ4n) is 2.09. The van der Waals surface area contributed by atoms with Crippen LogP contribution in [0.5, 0.6) is 5.88 Å². The number of carbonyl (C=O) groups is 1. The summed E-state index contributed by atoms with van der Waals surface area (Å²) in [6.45, 7) is 4.75. The molecule has 3 aromatic rings. The fourth-order valence-corrected chi connectivity index (χ4v) is 2.72. The third-order valence-electron chi connectivity index (χ3n) is 3.39. The number of anilines is 1. The standard InChI is InChI=1S/C18H20N4O3S/c1-12(2)10-24-16-5-3-14(9-19-16)20-15(23)4-6-17-21-22-18(25-17)13-7-8-26-11-13/h3,5,7-9,11-12H,4,6,10H2,1-2H3,(H,20,23). The number of hydrogen-bond donors (Lipinski definition) is 1. The van der Waals surface area contributed by atoms with E-state index in [-0.39, 0.29) is 12.3 Å². The third-order valence-corrected chi connectivity index (χ3v) is 4.07. The Labute approximate surface area is 155 Å². The van der Waals surface area contributed by atoms with Gasteiger partial charge in [0.05, 0.1) is 18.5 Å². The predicted molar refractivity (Wildman–Crippen MR) is 99.1 cm³/mol. The molecule has 0 bridgehead atoms. The Bertz CT molecular complexity index is 829. The molecule has 0 spiro atoms. The Balaban J connectivity index is 1.47. The number of pyridine rings is 1. The number of thiophene rings is 1. The summed E-state index contributed by atoms with van der Waals surface area (Å²) in [4.78, 5) is 16.2. The van der Waals surface area contributed by atoms with E-state index in [1.807, 2.05) is 16.8 Å². The first-order chi connectivity index (χ1) is 12.6. The minimum absolute atomic E-state index is 0.141. The SMILES string of the molecule is CC(C)COc1ccc(NC(=O)CCc2nnc(-c3ccsc3)o2)cn1. The summed E-state index contributed by atoms with van der Waals surface area (Å²) >= 11 is 1.56. The zero-order valence-electron chi connectivity index (χ0n) is 14.6. The molecule has 0 aromatic carbocycles. The lowest BCUT2D eigenvalue weighted by Gasteiger charge is -2.08. The molecular formula is C18H20N4O3S. The average Bonchev–Trinajstić information content (AvgIpc) is 3.30. The average molecular weight is 372 g/mol. The lowest BCUT2D eigenvalue weighted by Crippen LogP contribution is -2.13. The highest BCUT2D eigenvalue weighted by Crippen LogP contribution is 2.21. The van der Waals surface area contributed by atoms with Gasteiger partial charge in [-0.05, 0) is 23.4 Å². The number of rotatable bonds is 8. The molecule has 0 fully saturated rings. The van der Waals surface area contributed by atoms with E-state index in [1.54, 1.807) is 29.7 Å². The molecule has 7 nitrogen and oxygen atoms in total. The molecule has 0 radical (unpaired) electrons. The largest absolute Gasteiger partial charge is 0.477 e. The summed E-state index contributed by atoms with van der Waals surface area (Å²) in [5.41, 5.74) is 1.51. The van der Waals surface area contributed by atoms with Gasteiger partial charge in [0.25, 0.3) is 0 Å². The van der Waals surface area contributed by atoms with Gasteiger partial charge in [-0.2, -0.15) is 11.3 Å². The first-order valence-corrected chi connectivity index (χ1v) is 9.28. The number of ether oxygens (including phenoxy) is 1. The maximum Gasteiger partial charge on any atom is 0.248 e. The molecule has 0 saturated heterocycles. The molecule has 0 aliphatic heterocycles. The van der Waals surface area contributed by atoms with Crippen molar-refractivity contribution >= 4 is 22.9 Å². The number of aryl methyl sites for hydroxylation is 1. The van der Waals surface area contributed by atoms with Gasteiger partial charge >= 0.3 is 0 Å². The van der Waals surface area contributed by atoms with Crippen LogP contribution in [-0.4, -0.2) is 27.7 Å². The van der Waals surface area contributed by atoms with Crippen LogP contribution in [0, 0.1) is 5.92 Å². The molecule has 26 heavy (non-hydrogen) atoms. The summed E-state index contributed by atoms with van der Waals surface area (Å²) in [5, 5.41) is 14.6. The molecule has 3 rings (SSSR count). The first-order valence-electron chi connectivity index (χ1n) is 8.34. The fraction of sp³-hybridized carbons (Fsp3) is 0.333. The number of nitrogens with one attached hydrogen (secondary N) is 1. The van der Waals surface area contributed by atoms with E-state index in [1.165, 1.54) is 0 Å². The zero-order chi connectivity index (χ0) is 18.4. The summed E-state index contributed by atoms with van der Waals surface area (Å²) < 4.78 is 11.1. The summed E-state index contributed by atoms with van der Waals surface area (Å²) in [5.74, 6) is 1.75. The van der Waals surface area contributed by atoms with Crippen molar-refractivity contribution in [3.05, 3.63) is 41.0 Å². The molecule has 3 heterocycles. The molecule has 0 aliphatic rings. The molecule has 0 saturated carbocycles. The van der Waals surface area contributed by atoms with Gasteiger partial charge in [-0.25, -0.2) is 4.98 Å². The highest BCUT2D eigenvalue weighted by molar-refractivity contribution is 7.08. The van der Waals surface area contributed by atoms with Crippen LogP contribution in [0.15, 0.2) is 39.6 Å². The zero-order valence-corrected chi connectivity index (χ0v) is 15.5. The molecule has 0 aliphatic carbocycles. The molecular weight excluding hydrogens is 352 g/mol. The minimum atomic E-state index is -0.141. The lowest BCUT2D eigenvalue weighted by molar-refractivity contribution is -0.116. The second-order valence-corrected chi connectivity index (χ2v) is 6.93. The second kappa shape index (κ2) is 8.57. The van der Waals surface area contributed by atoms with E-state index in [4.69, 9.17) is 9.15 Å². The number of aromatic nitrogens is 3. The van der Waals surface area contributed by atoms with Gasteiger partial charge in [0, 0.05) is 29.9 Å². The van der Waals surface area contributed by atoms with Crippen molar-refractivity contribution in [1.82, 2.24) is 15.2 Å². The number of nitrogens with zero attached hydrogens (tertiary/aromatic N) is 3. The normalized spacial score (nSPS) is 10.9. The maximum absolute atomic E-state index is 12.1. The van der Waals surface area contributed by atoms with Gasteiger partial charge in [-0.1, -0.05) is 13.8 Å². The van der Waals surface area contributed by atoms with Gasteiger partial charge in [-0.3, -0.25) is 4.79 Å². The first kappa shape index (κ1) is 18.1. The number of hydrogen-bond acceptors (Lipinski definition) is 7. The number of amides is 1. The second-order valence-electron chi connectivity index (χ2n) is 6.15. The maximum atomic E-state index is 12.1. The van der Waals surface area contributed by atoms with Crippen LogP contribution in [0.4, 0.5) is 5.69 Å². The van der Waals surface area contributed by atoms with E-state index >= 15 is 0 Å². The summed E-state index contributed by atoms with van der Waals surface area (Å²) in [6.07, 6.45) is 2.21. The van der Waals surface area contributed by atoms with Crippen molar-refractivity contribution in [3.63, 3.8) is 0 Å². The Morgan fingerprint density at radius 2 is 2.19 bits per heavy atom. The minimum Gasteiger partial charge on any atom is -0.477 e. The smallest absolute Gasteiger partial charge is 0.248 e. The molecule has 1 amide bonds. The molecule has 0 atom stereocenters. The van der Waals surface area contributed by atoms with Gasteiger partial charge in [0.2, 0.25) is 23.6 Å². The van der Waals surface area contributed by atoms with Crippen molar-refractivity contribution in [2.24, 2.45) is 5.92 Å². The van der Waals surface area contributed by atoms with Crippen LogP contribution >= 0.6 is 11.3 Å². The van der Waals surface area contributed by atoms with Crippen molar-refractivity contribution in [1.29, 1.82) is 0 Å². The summed E-state index contributed by atoms with van der Waals surface area (Å²) in [7, 11) is 0. The van der Waals surface area contributed by atoms with E-state index in [0.29, 0.717) is 42.3 Å². The third kappa shape index (κ3) is 5.13. The predicted octanol–water partition coefficient (Wildman–Crippen LogP) is 3.80. The van der Waals surface area contributed by atoms with Crippen LogP contribution in [0.1, 0.15) is 26.2 Å². The molecule has 136 valence electrons. The highest BCUT2D eigenvalue weighted by Gasteiger charge is 2.11. The van der Waals surface area contributed by atoms with Crippen LogP contribution < -0.4 is 10.1 Å². The van der Waals surface area contributed by atoms with Gasteiger partial charge < -0.3 is 14.5 Å². The van der Waals surface area contributed by atoms with Crippen LogP contribution in [0.25, 0.3) is 11.5 Å². The number of carbonyl (C=O) groups excluding carboxylic acids is 1. The van der Waals surface area contributed by atoms with Crippen LogP contribution in [-0.2, 0) is 11.2 Å². The van der Waals surface area contributed by atoms with E-state index < -0.39 is 0 Å². The quantitative estimate of drug-likeness (QED) is 0.647. The Morgan fingerprint density at radius 1 is 1.31 bits per heavy atom. The van der Waals surface area contributed by atoms with Gasteiger partial charge in [0.1, 0.15) is 0 Å². The Kier molecular flexibility index (Phi) is 5.96. The molecule has 3 aromatic heterocycles. The van der Waals surface area contributed by atoms with Crippen LogP contribution in [0.2, 0.25) is 0 Å². The van der Waals surface area contributed by atoms with E-state index in [9.17, 15) is 4.79 Å². The topological polar surface area (TPSA) is 90.1 Å². The molecule has 0 unspecified atom stereocenters. The molecule has 1 N–H and O–H groups in total. The Hall–Kier alpha value is -2.74. The van der Waals surface area contributed by atoms with Crippen molar-refractivity contribution < 1.29 is 13.9 Å². The monoisotopic (exact) mass is 372 g/mol. The van der Waals surface area contributed by atoms with Crippen molar-refractivity contribution in [3.8, 4) is 17.3 Å². The lowest BCUT2D eigenvalue weighted by atomic mass is 10.2. The van der Waals surface area contributed by atoms with Crippen molar-refractivity contribution in [2.75, 3.05) is 11.9 Å². The van der Waals surface area contributed by atoms with Gasteiger partial charge in [0.15, 0.2) is 0 Å². The molecule has 8 heteroatoms. The summed E-state index contributed by atoms with van der Waals surface area (Å²) in [6, 6.07) is 5.42. The van der Waals surface area contributed by atoms with E-state index in [2.05, 4.69) is 34.3 Å². The Morgan fingerprint density at radius 3 is 2.88 bits per heavy atom. The van der Waals surface area contributed by atoms with Gasteiger partial charge in [-0.15, -0.1) is 10.2 Å². The van der Waals surface area contributed by atoms with Crippen molar-refractivity contribution in [2.45, 2.75) is 26.7 Å². The van der Waals surface area contributed by atoms with Crippen LogP contribution in [0.3, 0.4) is 0 Å². The van der Waals surface area contributed by atoms with E-state index in [0.717, 1.165) is 5.56 Å². The highest BCUT2D eigenvalue weighted by atomic mass is 32.1.